The van der Waals surface area contributed by atoms with Gasteiger partial charge in [0, 0.05) is 51.8 Å². The molecule has 0 spiro atoms. The molecule has 94 heavy (non-hydrogen) atoms. The molecule has 0 aliphatic rings. The number of nitrogens with zero attached hydrogens (tertiary/aromatic N) is 2. The first-order chi connectivity index (χ1) is 46.7. The lowest BCUT2D eigenvalue weighted by atomic mass is 10.1. The van der Waals surface area contributed by atoms with Crippen LogP contribution in [0.4, 0.5) is 0 Å². The van der Waals surface area contributed by atoms with Crippen LogP contribution >= 0.6 is 0 Å². The predicted octanol–water partition coefficient (Wildman–Crippen LogP) is 25.9. The fraction of sp³-hybridized carbons (Fsp3) is 0.767. The molecule has 1 heterocycles. The third-order valence-corrected chi connectivity index (χ3v) is 17.3. The van der Waals surface area contributed by atoms with Gasteiger partial charge >= 0.3 is 0 Å². The first kappa shape index (κ1) is 90.6. The van der Waals surface area contributed by atoms with Gasteiger partial charge in [-0.2, -0.15) is 0 Å². The highest BCUT2D eigenvalue weighted by Gasteiger charge is 2.11. The van der Waals surface area contributed by atoms with Crippen molar-refractivity contribution in [3.05, 3.63) is 116 Å². The molecule has 0 amide bonds. The van der Waals surface area contributed by atoms with E-state index in [-0.39, 0.29) is 12.2 Å². The van der Waals surface area contributed by atoms with Gasteiger partial charge in [0.05, 0.1) is 31.7 Å². The average Bonchev–Trinajstić information content (AvgIpc) is 4.18. The molecule has 0 saturated heterocycles. The summed E-state index contributed by atoms with van der Waals surface area (Å²) in [7, 11) is 0. The number of rotatable bonds is 75. The molecule has 1 rings (SSSR count). The standard InChI is InChI=1S/C46H83N3O2.C40H72O3/c1-3-5-7-9-11-13-15-17-19-21-23-25-27-29-31-33-42-50-44-46(36-38-47-37-35-40-49-41-39-48-45-49)51-43-34-32-30-28-26-24-22-20-18-16-14-12-10-8-6-4-2;1-3-5-7-9-11-13-15-17-19-21-23-25-27-29-31-33-37-42-39-40(35-36-41)43-38-34-32-30-28-26-24-22-20-18-16-14-12-10-8-6-4-2/h11-14,17-20,39,41,45-47H,3-10,15-16,21-38,40,42-44H2,1-2H3;11-14,17-20,36,40H,3-10,15-16,21-35,37-39H2,1-2H3. The van der Waals surface area contributed by atoms with E-state index in [0.717, 1.165) is 123 Å². The van der Waals surface area contributed by atoms with Gasteiger partial charge in [0.1, 0.15) is 6.29 Å². The summed E-state index contributed by atoms with van der Waals surface area (Å²) in [5.74, 6) is 0. The number of unbranched alkanes of at least 4 members (excludes halogenated alkanes) is 36. The molecular formula is C86H155N3O5. The molecule has 0 saturated carbocycles. The van der Waals surface area contributed by atoms with E-state index < -0.39 is 0 Å². The molecule has 1 aromatic rings. The quantitative estimate of drug-likeness (QED) is 0.0395. The van der Waals surface area contributed by atoms with Crippen LogP contribution in [0.3, 0.4) is 0 Å². The number of carbonyl (C=O) groups is 1. The average molecular weight is 1310 g/mol. The van der Waals surface area contributed by atoms with Crippen molar-refractivity contribution in [2.24, 2.45) is 0 Å². The molecule has 1 aromatic heterocycles. The zero-order valence-electron chi connectivity index (χ0n) is 62.6. The van der Waals surface area contributed by atoms with Crippen LogP contribution < -0.4 is 5.32 Å². The van der Waals surface area contributed by atoms with Gasteiger partial charge < -0.3 is 33.6 Å². The number of imidazole rings is 1. The van der Waals surface area contributed by atoms with E-state index >= 15 is 0 Å². The SMILES string of the molecule is CCCCCC=CCC=CCCCCCCCCOCC(CC=O)OCCCCCCCCC=CCC=CCCCCC.CCCCCC=CCC=CCCCCCCCCOCC(CCNCCCn1ccnc1)OCCCCCCCCC=CCC=CCCCCC. The normalized spacial score (nSPS) is 12.9. The zero-order chi connectivity index (χ0) is 67.5. The number of hydrogen-bond donors (Lipinski definition) is 1. The predicted molar refractivity (Wildman–Crippen MR) is 414 cm³/mol. The molecule has 0 radical (unpaired) electrons. The number of ether oxygens (including phenoxy) is 4. The summed E-state index contributed by atoms with van der Waals surface area (Å²) < 4.78 is 26.4. The van der Waals surface area contributed by atoms with Crippen molar-refractivity contribution in [3.63, 3.8) is 0 Å². The van der Waals surface area contributed by atoms with Crippen molar-refractivity contribution in [1.82, 2.24) is 14.9 Å². The van der Waals surface area contributed by atoms with Crippen molar-refractivity contribution < 1.29 is 23.7 Å². The minimum atomic E-state index is -0.0833. The lowest BCUT2D eigenvalue weighted by Gasteiger charge is -2.19. The Kier molecular flexibility index (Phi) is 80.8. The summed E-state index contributed by atoms with van der Waals surface area (Å²) in [6, 6.07) is 0. The molecule has 1 N–H and O–H groups in total. The molecule has 0 fully saturated rings. The Bertz CT molecular complexity index is 1820. The Labute approximate surface area is 584 Å². The first-order valence-corrected chi connectivity index (χ1v) is 40.4. The monoisotopic (exact) mass is 1310 g/mol. The van der Waals surface area contributed by atoms with E-state index in [9.17, 15) is 4.79 Å². The van der Waals surface area contributed by atoms with E-state index in [1.54, 1.807) is 0 Å². The van der Waals surface area contributed by atoms with Gasteiger partial charge in [-0.15, -0.1) is 0 Å². The summed E-state index contributed by atoms with van der Waals surface area (Å²) in [4.78, 5) is 15.2. The molecule has 0 aliphatic heterocycles. The molecule has 2 unspecified atom stereocenters. The smallest absolute Gasteiger partial charge is 0.122 e. The number of nitrogens with one attached hydrogen (secondary N) is 1. The van der Waals surface area contributed by atoms with Crippen LogP contribution in [0.5, 0.6) is 0 Å². The second kappa shape index (κ2) is 83.8. The molecule has 8 heteroatoms. The van der Waals surface area contributed by atoms with Gasteiger partial charge in [0.2, 0.25) is 0 Å². The van der Waals surface area contributed by atoms with Crippen molar-refractivity contribution in [1.29, 1.82) is 0 Å². The highest BCUT2D eigenvalue weighted by Crippen LogP contribution is 2.15. The maximum absolute atomic E-state index is 11.0. The third kappa shape index (κ3) is 77.6. The van der Waals surface area contributed by atoms with Crippen LogP contribution in [0.25, 0.3) is 0 Å². The van der Waals surface area contributed by atoms with Gasteiger partial charge in [0.25, 0.3) is 0 Å². The molecular weight excluding hydrogens is 1150 g/mol. The van der Waals surface area contributed by atoms with Crippen LogP contribution in [0.2, 0.25) is 0 Å². The van der Waals surface area contributed by atoms with Gasteiger partial charge in [-0.3, -0.25) is 0 Å². The lowest BCUT2D eigenvalue weighted by molar-refractivity contribution is -0.112. The van der Waals surface area contributed by atoms with Gasteiger partial charge in [-0.05, 0) is 180 Å². The van der Waals surface area contributed by atoms with Crippen LogP contribution in [-0.4, -0.2) is 80.8 Å². The molecule has 0 bridgehead atoms. The third-order valence-electron chi connectivity index (χ3n) is 17.3. The maximum atomic E-state index is 11.0. The number of aromatic nitrogens is 2. The van der Waals surface area contributed by atoms with E-state index in [1.807, 2.05) is 18.7 Å². The Morgan fingerprint density at radius 2 is 0.660 bits per heavy atom. The topological polar surface area (TPSA) is 83.8 Å². The summed E-state index contributed by atoms with van der Waals surface area (Å²) >= 11 is 0. The molecule has 0 aromatic carbocycles. The number of carbonyl (C=O) groups excluding carboxylic acids is 1. The molecule has 8 nitrogen and oxygen atoms in total. The van der Waals surface area contributed by atoms with Gasteiger partial charge in [-0.1, -0.05) is 279 Å². The van der Waals surface area contributed by atoms with Gasteiger partial charge in [-0.25, -0.2) is 4.98 Å². The van der Waals surface area contributed by atoms with Crippen LogP contribution in [0, 0.1) is 0 Å². The van der Waals surface area contributed by atoms with E-state index in [4.69, 9.17) is 18.9 Å². The summed E-state index contributed by atoms with van der Waals surface area (Å²) in [6.45, 7) is 16.5. The van der Waals surface area contributed by atoms with Gasteiger partial charge in [0.15, 0.2) is 0 Å². The minimum absolute atomic E-state index is 0.0833. The summed E-state index contributed by atoms with van der Waals surface area (Å²) in [5.41, 5.74) is 0. The summed E-state index contributed by atoms with van der Waals surface area (Å²) in [6.07, 6.45) is 107. The molecule has 0 aliphatic carbocycles. The molecule has 2 atom stereocenters. The van der Waals surface area contributed by atoms with Crippen molar-refractivity contribution >= 4 is 6.29 Å². The zero-order valence-corrected chi connectivity index (χ0v) is 62.6. The van der Waals surface area contributed by atoms with Crippen molar-refractivity contribution in [2.75, 3.05) is 52.7 Å². The van der Waals surface area contributed by atoms with E-state index in [1.165, 1.54) is 257 Å². The summed E-state index contributed by atoms with van der Waals surface area (Å²) in [5, 5.41) is 3.61. The number of aldehydes is 1. The molecule has 544 valence electrons. The van der Waals surface area contributed by atoms with E-state index in [0.29, 0.717) is 13.0 Å². The van der Waals surface area contributed by atoms with Crippen LogP contribution in [-0.2, 0) is 30.3 Å². The Morgan fingerprint density at radius 1 is 0.351 bits per heavy atom. The fourth-order valence-corrected chi connectivity index (χ4v) is 11.2. The van der Waals surface area contributed by atoms with Crippen LogP contribution in [0.1, 0.15) is 355 Å². The van der Waals surface area contributed by atoms with Crippen molar-refractivity contribution in [2.45, 2.75) is 374 Å². The van der Waals surface area contributed by atoms with Crippen molar-refractivity contribution in [3.8, 4) is 0 Å². The highest BCUT2D eigenvalue weighted by molar-refractivity contribution is 5.50. The van der Waals surface area contributed by atoms with Crippen LogP contribution in [0.15, 0.2) is 116 Å². The number of aryl methyl sites for hydroxylation is 1. The fourth-order valence-electron chi connectivity index (χ4n) is 11.2. The Morgan fingerprint density at radius 3 is 0.989 bits per heavy atom. The highest BCUT2D eigenvalue weighted by atomic mass is 16.5. The Hall–Kier alpha value is -3.40. The lowest BCUT2D eigenvalue weighted by Crippen LogP contribution is -2.27. The minimum Gasteiger partial charge on any atom is -0.379 e. The number of allylic oxidation sites excluding steroid dienone is 16. The second-order valence-electron chi connectivity index (χ2n) is 26.6. The van der Waals surface area contributed by atoms with E-state index in [2.05, 4.69) is 140 Å². The Balaban J connectivity index is 0.00000187. The largest absolute Gasteiger partial charge is 0.379 e. The number of hydrogen-bond acceptors (Lipinski definition) is 7. The maximum Gasteiger partial charge on any atom is 0.122 e. The first-order valence-electron chi connectivity index (χ1n) is 40.4. The second-order valence-corrected chi connectivity index (χ2v) is 26.6.